The van der Waals surface area contributed by atoms with E-state index in [2.05, 4.69) is 5.32 Å². The molecule has 0 radical (unpaired) electrons. The number of cyclic esters (lactones) is 2. The minimum absolute atomic E-state index is 0.0405. The lowest BCUT2D eigenvalue weighted by molar-refractivity contribution is -0.157. The third-order valence-electron chi connectivity index (χ3n) is 7.76. The van der Waals surface area contributed by atoms with Gasteiger partial charge >= 0.3 is 18.1 Å². The molecule has 1 aliphatic carbocycles. The SMILES string of the molecule is CCOC(=O)[C@H](CCc1ccccc1)N[C@@H](C)C(=O)N1[C@H](C(=O)OCC2OC(=O)OC2C)C[C@@H]2CCC[C@@H]21. The van der Waals surface area contributed by atoms with Gasteiger partial charge in [0.15, 0.2) is 6.10 Å². The van der Waals surface area contributed by atoms with Gasteiger partial charge in [0.25, 0.3) is 0 Å². The molecule has 10 nitrogen and oxygen atoms in total. The van der Waals surface area contributed by atoms with Crippen LogP contribution in [0.2, 0.25) is 0 Å². The van der Waals surface area contributed by atoms with Crippen LogP contribution < -0.4 is 5.32 Å². The van der Waals surface area contributed by atoms with Gasteiger partial charge in [0.1, 0.15) is 24.8 Å². The molecule has 2 aliphatic heterocycles. The summed E-state index contributed by atoms with van der Waals surface area (Å²) in [4.78, 5) is 52.6. The number of nitrogens with zero attached hydrogens (tertiary/aromatic N) is 1. The molecule has 0 spiro atoms. The Labute approximate surface area is 223 Å². The monoisotopic (exact) mass is 530 g/mol. The molecule has 1 saturated carbocycles. The molecule has 1 amide bonds. The number of benzene rings is 1. The Morgan fingerprint density at radius 3 is 2.58 bits per heavy atom. The van der Waals surface area contributed by atoms with Crippen LogP contribution >= 0.6 is 0 Å². The molecule has 1 aromatic carbocycles. The number of fused-ring (bicyclic) bond motifs is 1. The fraction of sp³-hybridized carbons (Fsp3) is 0.643. The van der Waals surface area contributed by atoms with Crippen molar-refractivity contribution in [3.8, 4) is 0 Å². The van der Waals surface area contributed by atoms with Crippen LogP contribution in [-0.4, -0.2) is 78.5 Å². The molecular weight excluding hydrogens is 492 g/mol. The second-order valence-electron chi connectivity index (χ2n) is 10.3. The number of hydrogen-bond donors (Lipinski definition) is 1. The van der Waals surface area contributed by atoms with Crippen molar-refractivity contribution >= 4 is 24.0 Å². The summed E-state index contributed by atoms with van der Waals surface area (Å²) in [6, 6.07) is 7.69. The summed E-state index contributed by atoms with van der Waals surface area (Å²) < 4.78 is 20.8. The van der Waals surface area contributed by atoms with E-state index in [1.165, 1.54) is 0 Å². The molecule has 0 bridgehead atoms. The van der Waals surface area contributed by atoms with Crippen molar-refractivity contribution in [2.24, 2.45) is 5.92 Å². The van der Waals surface area contributed by atoms with Crippen LogP contribution in [0.15, 0.2) is 30.3 Å². The summed E-state index contributed by atoms with van der Waals surface area (Å²) in [5.74, 6) is -0.920. The zero-order valence-electron chi connectivity index (χ0n) is 22.3. The van der Waals surface area contributed by atoms with Crippen LogP contribution in [0.5, 0.6) is 0 Å². The fourth-order valence-electron chi connectivity index (χ4n) is 5.79. The average Bonchev–Trinajstić information content (AvgIpc) is 3.59. The Morgan fingerprint density at radius 2 is 1.89 bits per heavy atom. The molecule has 7 atom stereocenters. The van der Waals surface area contributed by atoms with Gasteiger partial charge in [-0.2, -0.15) is 0 Å². The van der Waals surface area contributed by atoms with E-state index in [-0.39, 0.29) is 31.1 Å². The second kappa shape index (κ2) is 12.6. The summed E-state index contributed by atoms with van der Waals surface area (Å²) in [5, 5.41) is 3.18. The first-order valence-electron chi connectivity index (χ1n) is 13.6. The van der Waals surface area contributed by atoms with Crippen LogP contribution in [0.4, 0.5) is 4.79 Å². The van der Waals surface area contributed by atoms with Gasteiger partial charge in [-0.05, 0) is 64.4 Å². The Morgan fingerprint density at radius 1 is 1.13 bits per heavy atom. The maximum Gasteiger partial charge on any atom is 0.509 e. The summed E-state index contributed by atoms with van der Waals surface area (Å²) in [6.07, 6.45) is 2.46. The Bertz CT molecular complexity index is 1000. The van der Waals surface area contributed by atoms with Crippen molar-refractivity contribution in [3.05, 3.63) is 35.9 Å². The van der Waals surface area contributed by atoms with Crippen molar-refractivity contribution in [1.82, 2.24) is 10.2 Å². The molecule has 0 aromatic heterocycles. The van der Waals surface area contributed by atoms with Gasteiger partial charge in [-0.25, -0.2) is 9.59 Å². The van der Waals surface area contributed by atoms with Gasteiger partial charge in [-0.1, -0.05) is 36.8 Å². The zero-order valence-corrected chi connectivity index (χ0v) is 22.3. The van der Waals surface area contributed by atoms with E-state index >= 15 is 0 Å². The number of likely N-dealkylation sites (tertiary alicyclic amines) is 1. The molecule has 1 aromatic rings. The van der Waals surface area contributed by atoms with Gasteiger partial charge < -0.3 is 23.8 Å². The number of carbonyl (C=O) groups is 4. The normalized spacial score (nSPS) is 27.7. The van der Waals surface area contributed by atoms with Gasteiger partial charge in [-0.15, -0.1) is 0 Å². The molecule has 4 rings (SSSR count). The number of aryl methyl sites for hydroxylation is 1. The number of amides is 1. The van der Waals surface area contributed by atoms with Crippen molar-refractivity contribution < 1.29 is 38.1 Å². The number of ether oxygens (including phenoxy) is 4. The number of carbonyl (C=O) groups excluding carboxylic acids is 4. The maximum atomic E-state index is 13.8. The summed E-state index contributed by atoms with van der Waals surface area (Å²) >= 11 is 0. The van der Waals surface area contributed by atoms with E-state index in [1.54, 1.807) is 25.7 Å². The van der Waals surface area contributed by atoms with Crippen molar-refractivity contribution in [3.63, 3.8) is 0 Å². The van der Waals surface area contributed by atoms with Crippen LogP contribution in [0.25, 0.3) is 0 Å². The first-order chi connectivity index (χ1) is 18.3. The Kier molecular flexibility index (Phi) is 9.25. The first kappa shape index (κ1) is 27.9. The van der Waals surface area contributed by atoms with Crippen LogP contribution in [0.3, 0.4) is 0 Å². The molecule has 2 saturated heterocycles. The van der Waals surface area contributed by atoms with Crippen molar-refractivity contribution in [1.29, 1.82) is 0 Å². The predicted octanol–water partition coefficient (Wildman–Crippen LogP) is 2.77. The highest BCUT2D eigenvalue weighted by molar-refractivity contribution is 5.89. The molecule has 10 heteroatoms. The minimum atomic E-state index is -0.783. The largest absolute Gasteiger partial charge is 0.509 e. The summed E-state index contributed by atoms with van der Waals surface area (Å²) in [6.45, 7) is 5.26. The van der Waals surface area contributed by atoms with E-state index in [9.17, 15) is 19.2 Å². The van der Waals surface area contributed by atoms with E-state index in [1.807, 2.05) is 30.3 Å². The maximum absolute atomic E-state index is 13.8. The lowest BCUT2D eigenvalue weighted by Gasteiger charge is -2.32. The molecule has 3 aliphatic rings. The van der Waals surface area contributed by atoms with Crippen LogP contribution in [-0.2, 0) is 39.8 Å². The zero-order chi connectivity index (χ0) is 27.2. The Balaban J connectivity index is 1.41. The van der Waals surface area contributed by atoms with Gasteiger partial charge in [0.2, 0.25) is 5.91 Å². The van der Waals surface area contributed by atoms with Crippen LogP contribution in [0, 0.1) is 5.92 Å². The molecular formula is C28H38N2O8. The van der Waals surface area contributed by atoms with E-state index < -0.39 is 48.4 Å². The molecule has 3 fully saturated rings. The smallest absolute Gasteiger partial charge is 0.465 e. The standard InChI is InChI=1S/C28H38N2O8/c1-4-35-26(32)21(14-13-19-9-6-5-7-10-19)29-17(2)25(31)30-22-12-8-11-20(22)15-23(30)27(33)36-16-24-18(3)37-28(34)38-24/h5-7,9-10,17-18,20-24,29H,4,8,11-16H2,1-3H3/t17-,18?,20-,21-,22-,23-,24?/m0/s1. The number of rotatable bonds is 11. The van der Waals surface area contributed by atoms with Gasteiger partial charge in [0.05, 0.1) is 12.6 Å². The van der Waals surface area contributed by atoms with E-state index in [4.69, 9.17) is 18.9 Å². The fourth-order valence-corrected chi connectivity index (χ4v) is 5.79. The summed E-state index contributed by atoms with van der Waals surface area (Å²) in [7, 11) is 0. The first-order valence-corrected chi connectivity index (χ1v) is 13.6. The molecule has 2 unspecified atom stereocenters. The highest BCUT2D eigenvalue weighted by atomic mass is 16.8. The highest BCUT2D eigenvalue weighted by Crippen LogP contribution is 2.42. The average molecular weight is 531 g/mol. The summed E-state index contributed by atoms with van der Waals surface area (Å²) in [5.41, 5.74) is 1.09. The molecule has 1 N–H and O–H groups in total. The number of esters is 2. The molecule has 208 valence electrons. The van der Waals surface area contributed by atoms with Gasteiger partial charge in [-0.3, -0.25) is 14.9 Å². The Hall–Kier alpha value is -3.14. The van der Waals surface area contributed by atoms with E-state index in [0.717, 1.165) is 24.8 Å². The predicted molar refractivity (Wildman–Crippen MR) is 136 cm³/mol. The third-order valence-corrected chi connectivity index (χ3v) is 7.76. The number of nitrogens with one attached hydrogen (secondary N) is 1. The minimum Gasteiger partial charge on any atom is -0.465 e. The lowest BCUT2D eigenvalue weighted by atomic mass is 10.0. The van der Waals surface area contributed by atoms with E-state index in [0.29, 0.717) is 19.3 Å². The van der Waals surface area contributed by atoms with Crippen molar-refractivity contribution in [2.45, 2.75) is 95.7 Å². The number of hydrogen-bond acceptors (Lipinski definition) is 9. The second-order valence-corrected chi connectivity index (χ2v) is 10.3. The van der Waals surface area contributed by atoms with Crippen molar-refractivity contribution in [2.75, 3.05) is 13.2 Å². The quantitative estimate of drug-likeness (QED) is 0.340. The highest BCUT2D eigenvalue weighted by Gasteiger charge is 2.50. The van der Waals surface area contributed by atoms with Crippen LogP contribution in [0.1, 0.15) is 58.4 Å². The van der Waals surface area contributed by atoms with Gasteiger partial charge in [0, 0.05) is 6.04 Å². The molecule has 2 heterocycles. The topological polar surface area (TPSA) is 120 Å². The lowest BCUT2D eigenvalue weighted by Crippen LogP contribution is -2.55. The molecule has 38 heavy (non-hydrogen) atoms. The third kappa shape index (κ3) is 6.46.